The molecule has 2 rings (SSSR count). The molecule has 1 aromatic carbocycles. The molecule has 4 heteroatoms. The summed E-state index contributed by atoms with van der Waals surface area (Å²) in [5.74, 6) is -0.164. The Hall–Kier alpha value is -0.970. The smallest absolute Gasteiger partial charge is 0.126 e. The minimum Gasteiger partial charge on any atom is -0.380 e. The topological polar surface area (TPSA) is 38.5 Å². The standard InChI is InChI=1S/C14H21FN2O/c1-10-6-11(4-5-12(10)15)13(17(2)3)14(7-16)8-18-9-14/h4-6,13H,7-9,16H2,1-3H3. The number of hydrogen-bond donors (Lipinski definition) is 1. The first-order valence-electron chi connectivity index (χ1n) is 6.20. The van der Waals surface area contributed by atoms with Gasteiger partial charge in [-0.25, -0.2) is 4.39 Å². The summed E-state index contributed by atoms with van der Waals surface area (Å²) in [5, 5.41) is 0. The summed E-state index contributed by atoms with van der Waals surface area (Å²) in [5.41, 5.74) is 7.66. The predicted molar refractivity (Wildman–Crippen MR) is 69.9 cm³/mol. The molecule has 0 amide bonds. The number of ether oxygens (including phenoxy) is 1. The highest BCUT2D eigenvalue weighted by Crippen LogP contribution is 2.42. The summed E-state index contributed by atoms with van der Waals surface area (Å²) in [6.07, 6.45) is 0. The Morgan fingerprint density at radius 1 is 1.44 bits per heavy atom. The van der Waals surface area contributed by atoms with Crippen molar-refractivity contribution in [2.24, 2.45) is 11.1 Å². The number of nitrogens with two attached hydrogens (primary N) is 1. The van der Waals surface area contributed by atoms with Crippen molar-refractivity contribution in [3.05, 3.63) is 35.1 Å². The van der Waals surface area contributed by atoms with Crippen LogP contribution in [0.3, 0.4) is 0 Å². The molecule has 0 radical (unpaired) electrons. The molecule has 0 spiro atoms. The zero-order valence-corrected chi connectivity index (χ0v) is 11.2. The van der Waals surface area contributed by atoms with Crippen molar-refractivity contribution in [3.8, 4) is 0 Å². The van der Waals surface area contributed by atoms with E-state index in [0.29, 0.717) is 25.3 Å². The molecular formula is C14H21FN2O. The van der Waals surface area contributed by atoms with Crippen LogP contribution in [0.2, 0.25) is 0 Å². The van der Waals surface area contributed by atoms with Crippen LogP contribution in [0.5, 0.6) is 0 Å². The van der Waals surface area contributed by atoms with Gasteiger partial charge in [-0.1, -0.05) is 12.1 Å². The summed E-state index contributed by atoms with van der Waals surface area (Å²) in [6, 6.07) is 5.46. The molecule has 1 saturated heterocycles. The summed E-state index contributed by atoms with van der Waals surface area (Å²) in [4.78, 5) is 2.14. The second-order valence-electron chi connectivity index (χ2n) is 5.43. The van der Waals surface area contributed by atoms with Crippen molar-refractivity contribution in [1.82, 2.24) is 4.90 Å². The second-order valence-corrected chi connectivity index (χ2v) is 5.43. The van der Waals surface area contributed by atoms with Gasteiger partial charge in [0.1, 0.15) is 5.82 Å². The van der Waals surface area contributed by atoms with Crippen LogP contribution in [0, 0.1) is 18.2 Å². The summed E-state index contributed by atoms with van der Waals surface area (Å²) >= 11 is 0. The Balaban J connectivity index is 2.38. The second kappa shape index (κ2) is 4.96. The lowest BCUT2D eigenvalue weighted by Gasteiger charge is -2.49. The largest absolute Gasteiger partial charge is 0.380 e. The number of benzene rings is 1. The van der Waals surface area contributed by atoms with Crippen molar-refractivity contribution >= 4 is 0 Å². The molecule has 1 aliphatic rings. The highest BCUT2D eigenvalue weighted by atomic mass is 19.1. The third-order valence-corrected chi connectivity index (χ3v) is 3.78. The zero-order valence-electron chi connectivity index (χ0n) is 11.2. The average molecular weight is 252 g/mol. The van der Waals surface area contributed by atoms with Gasteiger partial charge in [0.25, 0.3) is 0 Å². The van der Waals surface area contributed by atoms with E-state index in [0.717, 1.165) is 5.56 Å². The van der Waals surface area contributed by atoms with Crippen molar-refractivity contribution in [2.75, 3.05) is 33.9 Å². The van der Waals surface area contributed by atoms with Crippen molar-refractivity contribution < 1.29 is 9.13 Å². The molecular weight excluding hydrogens is 231 g/mol. The molecule has 1 unspecified atom stereocenters. The summed E-state index contributed by atoms with van der Waals surface area (Å²) < 4.78 is 18.7. The predicted octanol–water partition coefficient (Wildman–Crippen LogP) is 1.71. The molecule has 18 heavy (non-hydrogen) atoms. The quantitative estimate of drug-likeness (QED) is 0.886. The molecule has 1 aromatic rings. The summed E-state index contributed by atoms with van der Waals surface area (Å²) in [7, 11) is 4.05. The lowest BCUT2D eigenvalue weighted by atomic mass is 9.74. The van der Waals surface area contributed by atoms with Gasteiger partial charge in [-0.05, 0) is 38.2 Å². The molecule has 100 valence electrons. The first-order valence-corrected chi connectivity index (χ1v) is 6.20. The van der Waals surface area contributed by atoms with Gasteiger partial charge in [0, 0.05) is 18.0 Å². The van der Waals surface area contributed by atoms with Gasteiger partial charge in [0.05, 0.1) is 13.2 Å². The number of rotatable bonds is 4. The van der Waals surface area contributed by atoms with Gasteiger partial charge in [-0.3, -0.25) is 0 Å². The number of halogens is 1. The average Bonchev–Trinajstić information content (AvgIpc) is 2.27. The molecule has 0 bridgehead atoms. The third kappa shape index (κ3) is 2.16. The van der Waals surface area contributed by atoms with E-state index in [1.165, 1.54) is 6.07 Å². The van der Waals surface area contributed by atoms with Crippen LogP contribution in [0.25, 0.3) is 0 Å². The monoisotopic (exact) mass is 252 g/mol. The molecule has 1 atom stereocenters. The van der Waals surface area contributed by atoms with E-state index < -0.39 is 0 Å². The Morgan fingerprint density at radius 3 is 2.50 bits per heavy atom. The maximum Gasteiger partial charge on any atom is 0.126 e. The van der Waals surface area contributed by atoms with Crippen molar-refractivity contribution in [2.45, 2.75) is 13.0 Å². The molecule has 2 N–H and O–H groups in total. The van der Waals surface area contributed by atoms with Crippen LogP contribution < -0.4 is 5.73 Å². The van der Waals surface area contributed by atoms with E-state index in [1.54, 1.807) is 6.92 Å². The zero-order chi connectivity index (χ0) is 13.3. The maximum atomic E-state index is 13.4. The fourth-order valence-electron chi connectivity index (χ4n) is 2.79. The Morgan fingerprint density at radius 2 is 2.11 bits per heavy atom. The van der Waals surface area contributed by atoms with Gasteiger partial charge >= 0.3 is 0 Å². The number of hydrogen-bond acceptors (Lipinski definition) is 3. The minimum absolute atomic E-state index is 0.0478. The van der Waals surface area contributed by atoms with Crippen LogP contribution in [0.15, 0.2) is 18.2 Å². The van der Waals surface area contributed by atoms with E-state index in [1.807, 2.05) is 26.2 Å². The SMILES string of the molecule is Cc1cc(C(N(C)C)C2(CN)COC2)ccc1F. The highest BCUT2D eigenvalue weighted by Gasteiger charge is 2.46. The minimum atomic E-state index is -0.164. The molecule has 0 aliphatic carbocycles. The van der Waals surface area contributed by atoms with Crippen molar-refractivity contribution in [1.29, 1.82) is 0 Å². The summed E-state index contributed by atoms with van der Waals surface area (Å²) in [6.45, 7) is 3.70. The first kappa shape index (κ1) is 13.5. The molecule has 1 fully saturated rings. The van der Waals surface area contributed by atoms with Gasteiger partial charge in [-0.15, -0.1) is 0 Å². The van der Waals surface area contributed by atoms with Crippen LogP contribution in [0.1, 0.15) is 17.2 Å². The molecule has 1 aliphatic heterocycles. The van der Waals surface area contributed by atoms with Gasteiger partial charge in [0.15, 0.2) is 0 Å². The Bertz CT molecular complexity index is 424. The Kier molecular flexibility index (Phi) is 3.71. The van der Waals surface area contributed by atoms with Gasteiger partial charge in [0.2, 0.25) is 0 Å². The van der Waals surface area contributed by atoms with Crippen LogP contribution >= 0.6 is 0 Å². The van der Waals surface area contributed by atoms with Gasteiger partial charge in [-0.2, -0.15) is 0 Å². The van der Waals surface area contributed by atoms with E-state index in [-0.39, 0.29) is 17.3 Å². The lowest BCUT2D eigenvalue weighted by Crippen LogP contribution is -2.55. The van der Waals surface area contributed by atoms with Crippen LogP contribution in [-0.4, -0.2) is 38.8 Å². The number of nitrogens with zero attached hydrogens (tertiary/aromatic N) is 1. The molecule has 0 saturated carbocycles. The van der Waals surface area contributed by atoms with E-state index in [9.17, 15) is 4.39 Å². The lowest BCUT2D eigenvalue weighted by molar-refractivity contribution is -0.145. The molecule has 3 nitrogen and oxygen atoms in total. The number of aryl methyl sites for hydroxylation is 1. The van der Waals surface area contributed by atoms with E-state index in [2.05, 4.69) is 4.90 Å². The highest BCUT2D eigenvalue weighted by molar-refractivity contribution is 5.29. The van der Waals surface area contributed by atoms with Gasteiger partial charge < -0.3 is 15.4 Å². The molecule has 1 heterocycles. The fourth-order valence-corrected chi connectivity index (χ4v) is 2.79. The van der Waals surface area contributed by atoms with Crippen molar-refractivity contribution in [3.63, 3.8) is 0 Å². The first-order chi connectivity index (χ1) is 8.50. The maximum absolute atomic E-state index is 13.4. The Labute approximate surface area is 108 Å². The third-order valence-electron chi connectivity index (χ3n) is 3.78. The molecule has 0 aromatic heterocycles. The normalized spacial score (nSPS) is 19.7. The van der Waals surface area contributed by atoms with E-state index >= 15 is 0 Å². The van der Waals surface area contributed by atoms with Crippen LogP contribution in [-0.2, 0) is 4.74 Å². The van der Waals surface area contributed by atoms with E-state index in [4.69, 9.17) is 10.5 Å². The fraction of sp³-hybridized carbons (Fsp3) is 0.571. The van der Waals surface area contributed by atoms with Crippen LogP contribution in [0.4, 0.5) is 4.39 Å².